The van der Waals surface area contributed by atoms with Crippen LogP contribution < -0.4 is 10.6 Å². The van der Waals surface area contributed by atoms with Crippen LogP contribution in [-0.4, -0.2) is 74.7 Å². The highest BCUT2D eigenvalue weighted by Crippen LogP contribution is 2.14. The third-order valence-corrected chi connectivity index (χ3v) is 4.95. The molecule has 1 unspecified atom stereocenters. The highest BCUT2D eigenvalue weighted by Gasteiger charge is 2.31. The summed E-state index contributed by atoms with van der Waals surface area (Å²) in [5.41, 5.74) is 1.24. The van der Waals surface area contributed by atoms with E-state index in [0.29, 0.717) is 6.04 Å². The second-order valence-electron chi connectivity index (χ2n) is 6.25. The van der Waals surface area contributed by atoms with E-state index in [1.54, 1.807) is 0 Å². The van der Waals surface area contributed by atoms with Crippen molar-refractivity contribution in [2.75, 3.05) is 52.9 Å². The smallest absolute Gasteiger partial charge is 0.191 e. The lowest BCUT2D eigenvalue weighted by Gasteiger charge is -2.47. The van der Waals surface area contributed by atoms with Crippen molar-refractivity contribution in [1.82, 2.24) is 20.4 Å². The Hall–Kier alpha value is -1.30. The van der Waals surface area contributed by atoms with Gasteiger partial charge in [0.2, 0.25) is 0 Å². The van der Waals surface area contributed by atoms with Gasteiger partial charge in [0, 0.05) is 63.9 Å². The molecule has 3 fully saturated rings. The molecule has 1 aromatic rings. The van der Waals surface area contributed by atoms with Crippen LogP contribution in [0.3, 0.4) is 0 Å². The van der Waals surface area contributed by atoms with Crippen molar-refractivity contribution >= 4 is 17.6 Å². The van der Waals surface area contributed by atoms with Crippen LogP contribution in [0.1, 0.15) is 5.56 Å². The van der Waals surface area contributed by atoms with Crippen LogP contribution in [0.25, 0.3) is 0 Å². The average Bonchev–Trinajstić information content (AvgIpc) is 2.59. The first-order chi connectivity index (χ1) is 11.2. The van der Waals surface area contributed by atoms with Gasteiger partial charge in [0.1, 0.15) is 0 Å². The fraction of sp³-hybridized carbons (Fsp3) is 0.588. The lowest BCUT2D eigenvalue weighted by molar-refractivity contribution is 0.0154. The molecule has 2 N–H and O–H groups in total. The molecule has 126 valence electrons. The molecule has 1 aromatic carbocycles. The molecule has 5 nitrogen and oxygen atoms in total. The van der Waals surface area contributed by atoms with Gasteiger partial charge in [-0.05, 0) is 24.1 Å². The summed E-state index contributed by atoms with van der Waals surface area (Å²) < 4.78 is 0. The second-order valence-corrected chi connectivity index (χ2v) is 6.69. The number of nitrogens with one attached hydrogen (secondary N) is 2. The van der Waals surface area contributed by atoms with E-state index in [-0.39, 0.29) is 0 Å². The molecule has 0 amide bonds. The monoisotopic (exact) mass is 335 g/mol. The van der Waals surface area contributed by atoms with Crippen molar-refractivity contribution in [1.29, 1.82) is 0 Å². The van der Waals surface area contributed by atoms with Crippen molar-refractivity contribution in [2.45, 2.75) is 12.5 Å². The average molecular weight is 336 g/mol. The topological polar surface area (TPSA) is 42.9 Å². The second kappa shape index (κ2) is 7.99. The van der Waals surface area contributed by atoms with Gasteiger partial charge in [0.15, 0.2) is 5.96 Å². The molecule has 3 saturated heterocycles. The minimum Gasteiger partial charge on any atom is -0.356 e. The summed E-state index contributed by atoms with van der Waals surface area (Å²) in [6.07, 6.45) is 0.935. The zero-order valence-electron chi connectivity index (χ0n) is 13.8. The zero-order chi connectivity index (χ0) is 16.1. The number of nitrogens with zero attached hydrogens (tertiary/aromatic N) is 3. The van der Waals surface area contributed by atoms with E-state index < -0.39 is 0 Å². The maximum Gasteiger partial charge on any atom is 0.191 e. The first-order valence-electron chi connectivity index (χ1n) is 8.40. The van der Waals surface area contributed by atoms with Crippen molar-refractivity contribution < 1.29 is 0 Å². The quantitative estimate of drug-likeness (QED) is 0.623. The summed E-state index contributed by atoms with van der Waals surface area (Å²) in [4.78, 5) is 9.47. The fourth-order valence-electron chi connectivity index (χ4n) is 3.37. The van der Waals surface area contributed by atoms with E-state index in [0.717, 1.165) is 30.5 Å². The largest absolute Gasteiger partial charge is 0.356 e. The molecule has 23 heavy (non-hydrogen) atoms. The Balaban J connectivity index is 1.40. The van der Waals surface area contributed by atoms with Crippen LogP contribution in [-0.2, 0) is 6.42 Å². The van der Waals surface area contributed by atoms with Crippen LogP contribution in [0.4, 0.5) is 0 Å². The third kappa shape index (κ3) is 4.59. The highest BCUT2D eigenvalue weighted by atomic mass is 35.5. The summed E-state index contributed by atoms with van der Waals surface area (Å²) in [6.45, 7) is 7.83. The minimum atomic E-state index is 0.601. The van der Waals surface area contributed by atoms with Gasteiger partial charge in [-0.25, -0.2) is 0 Å². The summed E-state index contributed by atoms with van der Waals surface area (Å²) in [7, 11) is 1.82. The predicted octanol–water partition coefficient (Wildman–Crippen LogP) is 1.05. The number of aliphatic imine (C=N–C) groups is 1. The van der Waals surface area contributed by atoms with Crippen molar-refractivity contribution in [3.05, 3.63) is 34.9 Å². The van der Waals surface area contributed by atoms with E-state index in [1.165, 1.54) is 38.3 Å². The maximum absolute atomic E-state index is 6.02. The van der Waals surface area contributed by atoms with Gasteiger partial charge in [0.05, 0.1) is 0 Å². The van der Waals surface area contributed by atoms with Crippen LogP contribution in [0, 0.1) is 0 Å². The first-order valence-corrected chi connectivity index (χ1v) is 8.78. The minimum absolute atomic E-state index is 0.601. The van der Waals surface area contributed by atoms with Crippen LogP contribution in [0.5, 0.6) is 0 Å². The molecule has 0 radical (unpaired) electrons. The number of benzene rings is 1. The van der Waals surface area contributed by atoms with Gasteiger partial charge in [-0.1, -0.05) is 23.7 Å². The molecule has 3 aliphatic rings. The van der Waals surface area contributed by atoms with E-state index in [4.69, 9.17) is 11.6 Å². The molecule has 0 aliphatic carbocycles. The van der Waals surface area contributed by atoms with Crippen molar-refractivity contribution in [3.63, 3.8) is 0 Å². The molecule has 0 aromatic heterocycles. The van der Waals surface area contributed by atoms with Gasteiger partial charge in [-0.3, -0.25) is 14.8 Å². The maximum atomic E-state index is 6.02. The molecular formula is C17H26ClN5. The molecular weight excluding hydrogens is 310 g/mol. The standard InChI is InChI=1S/C17H26ClN5/c1-19-17(20-6-5-14-3-2-4-15(18)11-14)21-12-16-13-22-7-9-23(16)10-8-22/h2-4,11,16H,5-10,12-13H2,1H3,(H2,19,20,21). The summed E-state index contributed by atoms with van der Waals surface area (Å²) in [5, 5.41) is 7.64. The van der Waals surface area contributed by atoms with Crippen molar-refractivity contribution in [2.24, 2.45) is 4.99 Å². The number of rotatable bonds is 5. The lowest BCUT2D eigenvalue weighted by atomic mass is 10.1. The molecule has 3 heterocycles. The number of hydrogen-bond acceptors (Lipinski definition) is 3. The fourth-order valence-corrected chi connectivity index (χ4v) is 3.58. The number of hydrogen-bond donors (Lipinski definition) is 2. The Kier molecular flexibility index (Phi) is 5.75. The SMILES string of the molecule is CN=C(NCCc1cccc(Cl)c1)NCC1CN2CCN1CC2. The molecule has 0 spiro atoms. The summed E-state index contributed by atoms with van der Waals surface area (Å²) >= 11 is 6.02. The van der Waals surface area contributed by atoms with Crippen molar-refractivity contribution in [3.8, 4) is 0 Å². The molecule has 0 saturated carbocycles. The predicted molar refractivity (Wildman–Crippen MR) is 96.3 cm³/mol. The van der Waals surface area contributed by atoms with E-state index >= 15 is 0 Å². The van der Waals surface area contributed by atoms with Crippen LogP contribution >= 0.6 is 11.6 Å². The molecule has 1 atom stereocenters. The number of piperazine rings is 3. The third-order valence-electron chi connectivity index (χ3n) is 4.72. The van der Waals surface area contributed by atoms with E-state index in [1.807, 2.05) is 25.2 Å². The molecule has 6 heteroatoms. The Labute approximate surface area is 143 Å². The summed E-state index contributed by atoms with van der Waals surface area (Å²) in [6, 6.07) is 8.61. The summed E-state index contributed by atoms with van der Waals surface area (Å²) in [5.74, 6) is 0.879. The van der Waals surface area contributed by atoms with Crippen LogP contribution in [0.15, 0.2) is 29.3 Å². The number of halogens is 1. The molecule has 3 aliphatic heterocycles. The highest BCUT2D eigenvalue weighted by molar-refractivity contribution is 6.30. The van der Waals surface area contributed by atoms with Gasteiger partial charge < -0.3 is 10.6 Å². The zero-order valence-corrected chi connectivity index (χ0v) is 14.5. The van der Waals surface area contributed by atoms with Gasteiger partial charge in [0.25, 0.3) is 0 Å². The Morgan fingerprint density at radius 1 is 1.26 bits per heavy atom. The number of guanidine groups is 1. The normalized spacial score (nSPS) is 27.0. The number of fused-ring (bicyclic) bond motifs is 3. The first kappa shape index (κ1) is 16.6. The Bertz CT molecular complexity index is 540. The van der Waals surface area contributed by atoms with E-state index in [9.17, 15) is 0 Å². The van der Waals surface area contributed by atoms with Crippen LogP contribution in [0.2, 0.25) is 5.02 Å². The Morgan fingerprint density at radius 3 is 2.74 bits per heavy atom. The lowest BCUT2D eigenvalue weighted by Crippen LogP contribution is -2.63. The Morgan fingerprint density at radius 2 is 2.09 bits per heavy atom. The molecule has 4 rings (SSSR count). The van der Waals surface area contributed by atoms with E-state index in [2.05, 4.69) is 31.5 Å². The van der Waals surface area contributed by atoms with Gasteiger partial charge >= 0.3 is 0 Å². The van der Waals surface area contributed by atoms with Gasteiger partial charge in [-0.15, -0.1) is 0 Å². The molecule has 2 bridgehead atoms. The van der Waals surface area contributed by atoms with Gasteiger partial charge in [-0.2, -0.15) is 0 Å².